The zero-order valence-electron chi connectivity index (χ0n) is 13.7. The molecule has 0 saturated carbocycles. The zero-order chi connectivity index (χ0) is 17.7. The minimum Gasteiger partial charge on any atom is -0.457 e. The van der Waals surface area contributed by atoms with Gasteiger partial charge in [-0.2, -0.15) is 10.5 Å². The molecular weight excluding hydrogens is 304 g/mol. The molecule has 0 amide bonds. The Kier molecular flexibility index (Phi) is 4.87. The van der Waals surface area contributed by atoms with Crippen LogP contribution in [-0.2, 0) is 4.79 Å². The monoisotopic (exact) mass is 320 g/mol. The van der Waals surface area contributed by atoms with Gasteiger partial charge in [-0.15, -0.1) is 0 Å². The van der Waals surface area contributed by atoms with E-state index in [2.05, 4.69) is 0 Å². The summed E-state index contributed by atoms with van der Waals surface area (Å²) in [5.41, 5.74) is 0.0541. The standard InChI is InChI=1S/C19H16N2O3/c1-19(2,3)18(22)24-16-6-4-5-15(10-16)23-17-8-13(11-20)7-14(9-17)12-21/h4-10H,1-3H3. The molecule has 0 bridgehead atoms. The number of benzene rings is 2. The molecule has 0 saturated heterocycles. The lowest BCUT2D eigenvalue weighted by atomic mass is 9.97. The van der Waals surface area contributed by atoms with Gasteiger partial charge in [0.05, 0.1) is 28.7 Å². The van der Waals surface area contributed by atoms with E-state index in [4.69, 9.17) is 20.0 Å². The quantitative estimate of drug-likeness (QED) is 0.626. The first-order valence-corrected chi connectivity index (χ1v) is 7.27. The smallest absolute Gasteiger partial charge is 0.316 e. The van der Waals surface area contributed by atoms with Gasteiger partial charge in [-0.25, -0.2) is 0 Å². The highest BCUT2D eigenvalue weighted by Gasteiger charge is 2.23. The number of hydrogen-bond acceptors (Lipinski definition) is 5. The van der Waals surface area contributed by atoms with Crippen LogP contribution in [0.25, 0.3) is 0 Å². The fourth-order valence-electron chi connectivity index (χ4n) is 1.78. The molecule has 2 aromatic carbocycles. The van der Waals surface area contributed by atoms with Crippen LogP contribution in [0.5, 0.6) is 17.2 Å². The van der Waals surface area contributed by atoms with Crippen molar-refractivity contribution in [3.63, 3.8) is 0 Å². The third-order valence-electron chi connectivity index (χ3n) is 3.03. The molecule has 5 heteroatoms. The Morgan fingerprint density at radius 2 is 1.50 bits per heavy atom. The Balaban J connectivity index is 2.23. The predicted molar refractivity (Wildman–Crippen MR) is 87.5 cm³/mol. The number of esters is 1. The van der Waals surface area contributed by atoms with Crippen LogP contribution < -0.4 is 9.47 Å². The van der Waals surface area contributed by atoms with Crippen LogP contribution in [0.15, 0.2) is 42.5 Å². The van der Waals surface area contributed by atoms with E-state index >= 15 is 0 Å². The molecule has 0 N–H and O–H groups in total. The first-order chi connectivity index (χ1) is 11.3. The van der Waals surface area contributed by atoms with Crippen molar-refractivity contribution < 1.29 is 14.3 Å². The normalized spacial score (nSPS) is 10.4. The maximum Gasteiger partial charge on any atom is 0.316 e. The highest BCUT2D eigenvalue weighted by Crippen LogP contribution is 2.28. The Morgan fingerprint density at radius 1 is 0.917 bits per heavy atom. The number of carbonyl (C=O) groups is 1. The number of ether oxygens (including phenoxy) is 2. The molecule has 0 unspecified atom stereocenters. The van der Waals surface area contributed by atoms with E-state index in [1.807, 2.05) is 12.1 Å². The van der Waals surface area contributed by atoms with Gasteiger partial charge < -0.3 is 9.47 Å². The maximum absolute atomic E-state index is 11.9. The Hall–Kier alpha value is -3.31. The molecule has 24 heavy (non-hydrogen) atoms. The summed E-state index contributed by atoms with van der Waals surface area (Å²) in [6.45, 7) is 5.31. The average molecular weight is 320 g/mol. The van der Waals surface area contributed by atoms with E-state index in [-0.39, 0.29) is 5.97 Å². The second-order valence-electron chi connectivity index (χ2n) is 6.19. The van der Waals surface area contributed by atoms with Crippen LogP contribution in [0.4, 0.5) is 0 Å². The number of nitriles is 2. The van der Waals surface area contributed by atoms with Crippen molar-refractivity contribution in [3.05, 3.63) is 53.6 Å². The zero-order valence-corrected chi connectivity index (χ0v) is 13.7. The fourth-order valence-corrected chi connectivity index (χ4v) is 1.78. The van der Waals surface area contributed by atoms with Crippen LogP contribution >= 0.6 is 0 Å². The minimum atomic E-state index is -0.611. The summed E-state index contributed by atoms with van der Waals surface area (Å²) in [5, 5.41) is 18.0. The van der Waals surface area contributed by atoms with Crippen LogP contribution in [0, 0.1) is 28.1 Å². The molecule has 0 heterocycles. The van der Waals surface area contributed by atoms with Gasteiger partial charge in [0.1, 0.15) is 17.2 Å². The maximum atomic E-state index is 11.9. The molecule has 0 fully saturated rings. The lowest BCUT2D eigenvalue weighted by Gasteiger charge is -2.16. The summed E-state index contributed by atoms with van der Waals surface area (Å²) in [6.07, 6.45) is 0. The van der Waals surface area contributed by atoms with Crippen molar-refractivity contribution in [1.29, 1.82) is 10.5 Å². The van der Waals surface area contributed by atoms with Crippen LogP contribution in [0.1, 0.15) is 31.9 Å². The van der Waals surface area contributed by atoms with E-state index in [0.717, 1.165) is 0 Å². The number of nitrogens with zero attached hydrogens (tertiary/aromatic N) is 2. The summed E-state index contributed by atoms with van der Waals surface area (Å²) in [4.78, 5) is 11.9. The Morgan fingerprint density at radius 3 is 2.04 bits per heavy atom. The van der Waals surface area contributed by atoms with Gasteiger partial charge in [0.15, 0.2) is 0 Å². The van der Waals surface area contributed by atoms with E-state index in [1.165, 1.54) is 18.2 Å². The second kappa shape index (κ2) is 6.85. The third kappa shape index (κ3) is 4.34. The Labute approximate surface area is 140 Å². The van der Waals surface area contributed by atoms with E-state index in [9.17, 15) is 4.79 Å². The minimum absolute atomic E-state index is 0.333. The largest absolute Gasteiger partial charge is 0.457 e. The third-order valence-corrected chi connectivity index (χ3v) is 3.03. The molecule has 0 aliphatic heterocycles. The highest BCUT2D eigenvalue weighted by molar-refractivity contribution is 5.77. The Bertz CT molecular complexity index is 820. The first kappa shape index (κ1) is 17.1. The van der Waals surface area contributed by atoms with Crippen LogP contribution in [0.2, 0.25) is 0 Å². The molecule has 2 aromatic rings. The molecule has 120 valence electrons. The fraction of sp³-hybridized carbons (Fsp3) is 0.211. The highest BCUT2D eigenvalue weighted by atomic mass is 16.5. The molecule has 0 aromatic heterocycles. The van der Waals surface area contributed by atoms with Gasteiger partial charge in [0.25, 0.3) is 0 Å². The topological polar surface area (TPSA) is 83.1 Å². The van der Waals surface area contributed by atoms with E-state index in [1.54, 1.807) is 45.0 Å². The summed E-state index contributed by atoms with van der Waals surface area (Å²) < 4.78 is 11.0. The van der Waals surface area contributed by atoms with Gasteiger partial charge >= 0.3 is 5.97 Å². The van der Waals surface area contributed by atoms with Gasteiger partial charge in [-0.05, 0) is 51.1 Å². The lowest BCUT2D eigenvalue weighted by Crippen LogP contribution is -2.25. The summed E-state index contributed by atoms with van der Waals surface area (Å²) in [5.74, 6) is 0.820. The second-order valence-corrected chi connectivity index (χ2v) is 6.19. The summed E-state index contributed by atoms with van der Waals surface area (Å²) in [7, 11) is 0. The van der Waals surface area contributed by atoms with Crippen molar-refractivity contribution >= 4 is 5.97 Å². The molecule has 5 nitrogen and oxygen atoms in total. The first-order valence-electron chi connectivity index (χ1n) is 7.27. The van der Waals surface area contributed by atoms with Gasteiger partial charge in [0.2, 0.25) is 0 Å². The average Bonchev–Trinajstić information content (AvgIpc) is 2.53. The molecule has 0 aliphatic carbocycles. The summed E-state index contributed by atoms with van der Waals surface area (Å²) >= 11 is 0. The van der Waals surface area contributed by atoms with Crippen molar-refractivity contribution in [3.8, 4) is 29.4 Å². The van der Waals surface area contributed by atoms with Gasteiger partial charge in [0, 0.05) is 6.07 Å². The molecule has 0 radical (unpaired) electrons. The van der Waals surface area contributed by atoms with Crippen molar-refractivity contribution in [2.75, 3.05) is 0 Å². The van der Waals surface area contributed by atoms with Crippen molar-refractivity contribution in [1.82, 2.24) is 0 Å². The molecule has 2 rings (SSSR count). The predicted octanol–water partition coefficient (Wildman–Crippen LogP) is 4.17. The van der Waals surface area contributed by atoms with E-state index < -0.39 is 5.41 Å². The molecular formula is C19H16N2O3. The number of hydrogen-bond donors (Lipinski definition) is 0. The van der Waals surface area contributed by atoms with Gasteiger partial charge in [-0.3, -0.25) is 4.79 Å². The molecule has 0 spiro atoms. The van der Waals surface area contributed by atoms with Gasteiger partial charge in [-0.1, -0.05) is 6.07 Å². The number of carbonyl (C=O) groups excluding carboxylic acids is 1. The molecule has 0 aliphatic rings. The number of rotatable bonds is 3. The molecule has 0 atom stereocenters. The van der Waals surface area contributed by atoms with Crippen molar-refractivity contribution in [2.24, 2.45) is 5.41 Å². The van der Waals surface area contributed by atoms with Crippen molar-refractivity contribution in [2.45, 2.75) is 20.8 Å². The lowest BCUT2D eigenvalue weighted by molar-refractivity contribution is -0.142. The van der Waals surface area contributed by atoms with Crippen LogP contribution in [-0.4, -0.2) is 5.97 Å². The van der Waals surface area contributed by atoms with Crippen LogP contribution in [0.3, 0.4) is 0 Å². The van der Waals surface area contributed by atoms with E-state index in [0.29, 0.717) is 28.4 Å². The summed E-state index contributed by atoms with van der Waals surface area (Å²) in [6, 6.07) is 15.1. The SMILES string of the molecule is CC(C)(C)C(=O)Oc1cccc(Oc2cc(C#N)cc(C#N)c2)c1.